The second-order valence-electron chi connectivity index (χ2n) is 8.56. The number of imidazole rings is 1. The smallest absolute Gasteiger partial charge is 0.165 e. The highest BCUT2D eigenvalue weighted by Gasteiger charge is 2.41. The third-order valence-electron chi connectivity index (χ3n) is 6.20. The Bertz CT molecular complexity index is 1020. The van der Waals surface area contributed by atoms with Crippen molar-refractivity contribution < 1.29 is 4.74 Å². The van der Waals surface area contributed by atoms with E-state index in [1.165, 1.54) is 0 Å². The van der Waals surface area contributed by atoms with E-state index in [0.29, 0.717) is 24.4 Å². The van der Waals surface area contributed by atoms with Crippen LogP contribution in [0.5, 0.6) is 0 Å². The van der Waals surface area contributed by atoms with Gasteiger partial charge in [0.1, 0.15) is 18.0 Å². The zero-order chi connectivity index (χ0) is 20.7. The maximum Gasteiger partial charge on any atom is 0.165 e. The normalized spacial score (nSPS) is 21.2. The number of hydrogen-bond donors (Lipinski definition) is 0. The quantitative estimate of drug-likeness (QED) is 0.612. The Morgan fingerprint density at radius 2 is 1.80 bits per heavy atom. The molecule has 5 heterocycles. The van der Waals surface area contributed by atoms with Crippen LogP contribution in [0.3, 0.4) is 0 Å². The van der Waals surface area contributed by atoms with Gasteiger partial charge in [0.05, 0.1) is 12.9 Å². The molecule has 158 valence electrons. The van der Waals surface area contributed by atoms with Gasteiger partial charge in [-0.05, 0) is 6.07 Å². The van der Waals surface area contributed by atoms with Crippen molar-refractivity contribution in [3.8, 4) is 0 Å². The lowest BCUT2D eigenvalue weighted by Gasteiger charge is -2.23. The van der Waals surface area contributed by atoms with Crippen LogP contribution in [0.15, 0.2) is 24.9 Å². The molecule has 2 aliphatic rings. The molecule has 2 aliphatic heterocycles. The predicted molar refractivity (Wildman–Crippen MR) is 115 cm³/mol. The van der Waals surface area contributed by atoms with Crippen LogP contribution >= 0.6 is 0 Å². The molecule has 2 atom stereocenters. The van der Waals surface area contributed by atoms with E-state index < -0.39 is 0 Å². The number of anilines is 2. The van der Waals surface area contributed by atoms with Gasteiger partial charge in [0.15, 0.2) is 17.0 Å². The number of methoxy groups -OCH3 is 1. The number of aromatic nitrogens is 6. The summed E-state index contributed by atoms with van der Waals surface area (Å²) in [4.78, 5) is 27.6. The second kappa shape index (κ2) is 7.79. The van der Waals surface area contributed by atoms with E-state index in [0.717, 1.165) is 61.3 Å². The minimum absolute atomic E-state index is 0.339. The molecule has 5 rings (SSSR count). The topological polar surface area (TPSA) is 85.1 Å². The minimum Gasteiger partial charge on any atom is -0.383 e. The molecule has 3 aromatic rings. The van der Waals surface area contributed by atoms with Crippen LogP contribution in [-0.4, -0.2) is 69.4 Å². The molecule has 9 heteroatoms. The first-order valence-electron chi connectivity index (χ1n) is 10.6. The lowest BCUT2D eigenvalue weighted by molar-refractivity contribution is 0.188. The van der Waals surface area contributed by atoms with E-state index in [4.69, 9.17) is 9.72 Å². The fourth-order valence-electron chi connectivity index (χ4n) is 4.62. The van der Waals surface area contributed by atoms with E-state index in [-0.39, 0.29) is 0 Å². The van der Waals surface area contributed by atoms with Crippen molar-refractivity contribution in [3.05, 3.63) is 30.7 Å². The fraction of sp³-hybridized carbons (Fsp3) is 0.571. The molecule has 2 unspecified atom stereocenters. The van der Waals surface area contributed by atoms with Crippen molar-refractivity contribution in [2.75, 3.05) is 49.7 Å². The summed E-state index contributed by atoms with van der Waals surface area (Å²) in [5, 5.41) is 0. The van der Waals surface area contributed by atoms with Gasteiger partial charge >= 0.3 is 0 Å². The van der Waals surface area contributed by atoms with Crippen LogP contribution in [-0.2, 0) is 11.3 Å². The second-order valence-corrected chi connectivity index (χ2v) is 8.56. The molecule has 30 heavy (non-hydrogen) atoms. The van der Waals surface area contributed by atoms with Crippen LogP contribution in [0.25, 0.3) is 11.2 Å². The highest BCUT2D eigenvalue weighted by Crippen LogP contribution is 2.36. The lowest BCUT2D eigenvalue weighted by Crippen LogP contribution is -2.30. The van der Waals surface area contributed by atoms with Crippen molar-refractivity contribution >= 4 is 22.8 Å². The molecular formula is C21H28N8O. The first-order chi connectivity index (χ1) is 14.6. The first-order valence-corrected chi connectivity index (χ1v) is 10.6. The molecule has 0 bridgehead atoms. The van der Waals surface area contributed by atoms with Crippen molar-refractivity contribution in [3.63, 3.8) is 0 Å². The molecule has 2 fully saturated rings. The fourth-order valence-corrected chi connectivity index (χ4v) is 4.62. The molecule has 0 amide bonds. The average molecular weight is 409 g/mol. The molecule has 0 aliphatic carbocycles. The zero-order valence-electron chi connectivity index (χ0n) is 17.8. The highest BCUT2D eigenvalue weighted by molar-refractivity contribution is 5.83. The van der Waals surface area contributed by atoms with Gasteiger partial charge in [-0.15, -0.1) is 0 Å². The molecule has 2 saturated heterocycles. The Kier molecular flexibility index (Phi) is 4.98. The largest absolute Gasteiger partial charge is 0.383 e. The van der Waals surface area contributed by atoms with Crippen molar-refractivity contribution in [2.45, 2.75) is 26.3 Å². The molecule has 0 N–H and O–H groups in total. The number of ether oxygens (including phenoxy) is 1. The molecule has 9 nitrogen and oxygen atoms in total. The maximum absolute atomic E-state index is 5.20. The number of hydrogen-bond acceptors (Lipinski definition) is 8. The summed E-state index contributed by atoms with van der Waals surface area (Å²) in [5.41, 5.74) is 1.75. The Morgan fingerprint density at radius 1 is 1.03 bits per heavy atom. The summed E-state index contributed by atoms with van der Waals surface area (Å²) >= 11 is 0. The first kappa shape index (κ1) is 19.2. The van der Waals surface area contributed by atoms with E-state index in [1.807, 2.05) is 23.2 Å². The number of rotatable bonds is 6. The standard InChI is InChI=1S/C21H28N8O/c1-14(2)19-22-5-4-17(26-19)28-8-15-10-29(11-16(15)9-28)21-18-20(23-12-24-21)27(13-25-18)6-7-30-3/h4-5,12-16H,6-11H2,1-3H3. The van der Waals surface area contributed by atoms with Crippen LogP contribution in [0.2, 0.25) is 0 Å². The van der Waals surface area contributed by atoms with Gasteiger partial charge in [0.25, 0.3) is 0 Å². The molecule has 0 radical (unpaired) electrons. The summed E-state index contributed by atoms with van der Waals surface area (Å²) in [7, 11) is 1.71. The Hall–Kier alpha value is -2.81. The van der Waals surface area contributed by atoms with Gasteiger partial charge in [-0.3, -0.25) is 0 Å². The molecule has 0 saturated carbocycles. The molecule has 0 aromatic carbocycles. The van der Waals surface area contributed by atoms with Gasteiger partial charge < -0.3 is 19.1 Å². The lowest BCUT2D eigenvalue weighted by atomic mass is 10.0. The number of nitrogens with zero attached hydrogens (tertiary/aromatic N) is 8. The Morgan fingerprint density at radius 3 is 2.53 bits per heavy atom. The summed E-state index contributed by atoms with van der Waals surface area (Å²) < 4.78 is 7.23. The van der Waals surface area contributed by atoms with Gasteiger partial charge in [0, 0.05) is 63.8 Å². The Balaban J connectivity index is 1.31. The number of fused-ring (bicyclic) bond motifs is 2. The van der Waals surface area contributed by atoms with Crippen LogP contribution in [0, 0.1) is 11.8 Å². The van der Waals surface area contributed by atoms with E-state index in [2.05, 4.69) is 43.6 Å². The van der Waals surface area contributed by atoms with Gasteiger partial charge in [-0.1, -0.05) is 13.8 Å². The molecule has 0 spiro atoms. The van der Waals surface area contributed by atoms with Crippen molar-refractivity contribution in [2.24, 2.45) is 11.8 Å². The van der Waals surface area contributed by atoms with E-state index in [9.17, 15) is 0 Å². The zero-order valence-corrected chi connectivity index (χ0v) is 17.8. The highest BCUT2D eigenvalue weighted by atomic mass is 16.5. The summed E-state index contributed by atoms with van der Waals surface area (Å²) in [6.07, 6.45) is 5.37. The summed E-state index contributed by atoms with van der Waals surface area (Å²) in [6.45, 7) is 9.65. The van der Waals surface area contributed by atoms with Crippen LogP contribution in [0.4, 0.5) is 11.6 Å². The van der Waals surface area contributed by atoms with E-state index in [1.54, 1.807) is 13.4 Å². The van der Waals surface area contributed by atoms with Crippen LogP contribution in [0.1, 0.15) is 25.6 Å². The molecule has 3 aromatic heterocycles. The average Bonchev–Trinajstić information content (AvgIpc) is 3.45. The third kappa shape index (κ3) is 3.36. The van der Waals surface area contributed by atoms with Crippen molar-refractivity contribution in [1.29, 1.82) is 0 Å². The van der Waals surface area contributed by atoms with Crippen LogP contribution < -0.4 is 9.80 Å². The van der Waals surface area contributed by atoms with Gasteiger partial charge in [-0.25, -0.2) is 24.9 Å². The monoisotopic (exact) mass is 408 g/mol. The maximum atomic E-state index is 5.20. The predicted octanol–water partition coefficient (Wildman–Crippen LogP) is 1.96. The SMILES string of the molecule is COCCn1cnc2c(N3CC4CN(c5ccnc(C(C)C)n5)CC4C3)ncnc21. The third-order valence-corrected chi connectivity index (χ3v) is 6.20. The molecular weight excluding hydrogens is 380 g/mol. The summed E-state index contributed by atoms with van der Waals surface area (Å²) in [6, 6.07) is 2.03. The van der Waals surface area contributed by atoms with Gasteiger partial charge in [-0.2, -0.15) is 0 Å². The minimum atomic E-state index is 0.339. The van der Waals surface area contributed by atoms with Crippen molar-refractivity contribution in [1.82, 2.24) is 29.5 Å². The Labute approximate surface area is 176 Å². The van der Waals surface area contributed by atoms with E-state index >= 15 is 0 Å². The summed E-state index contributed by atoms with van der Waals surface area (Å²) in [5.74, 6) is 4.45. The van der Waals surface area contributed by atoms with Gasteiger partial charge in [0.2, 0.25) is 0 Å².